The summed E-state index contributed by atoms with van der Waals surface area (Å²) in [6.07, 6.45) is 70.1. The maximum absolute atomic E-state index is 12.5. The predicted molar refractivity (Wildman–Crippen MR) is 267 cm³/mol. The number of rotatable bonds is 50. The quantitative estimate of drug-likeness (QED) is 0.0422. The Hall–Kier alpha value is -1.39. The van der Waals surface area contributed by atoms with Gasteiger partial charge in [0.25, 0.3) is 0 Å². The van der Waals surface area contributed by atoms with Crippen LogP contribution in [0.1, 0.15) is 296 Å². The number of allylic oxidation sites excluding steroid dienone is 5. The van der Waals surface area contributed by atoms with Crippen molar-refractivity contribution in [2.24, 2.45) is 0 Å². The minimum absolute atomic E-state index is 0.0710. The summed E-state index contributed by atoms with van der Waals surface area (Å²) >= 11 is 0. The monoisotopic (exact) mass is 842 g/mol. The molecule has 0 fully saturated rings. The van der Waals surface area contributed by atoms with Crippen molar-refractivity contribution in [1.82, 2.24) is 5.32 Å². The third-order valence-corrected chi connectivity index (χ3v) is 12.6. The summed E-state index contributed by atoms with van der Waals surface area (Å²) in [5.41, 5.74) is 0. The fourth-order valence-corrected chi connectivity index (χ4v) is 8.43. The third kappa shape index (κ3) is 47.7. The highest BCUT2D eigenvalue weighted by atomic mass is 16.3. The van der Waals surface area contributed by atoms with Crippen LogP contribution in [0.4, 0.5) is 0 Å². The Balaban J connectivity index is 3.52. The Morgan fingerprint density at radius 1 is 0.383 bits per heavy atom. The van der Waals surface area contributed by atoms with Gasteiger partial charge in [0, 0.05) is 6.42 Å². The van der Waals surface area contributed by atoms with E-state index in [1.54, 1.807) is 6.08 Å². The van der Waals surface area contributed by atoms with E-state index in [0.29, 0.717) is 6.42 Å². The molecule has 0 radical (unpaired) electrons. The molecule has 0 heterocycles. The van der Waals surface area contributed by atoms with Crippen molar-refractivity contribution in [3.8, 4) is 0 Å². The van der Waals surface area contributed by atoms with Gasteiger partial charge in [-0.3, -0.25) is 4.79 Å². The van der Waals surface area contributed by atoms with Crippen LogP contribution < -0.4 is 5.32 Å². The van der Waals surface area contributed by atoms with Gasteiger partial charge in [0.2, 0.25) is 5.91 Å². The van der Waals surface area contributed by atoms with E-state index in [2.05, 4.69) is 43.5 Å². The Morgan fingerprint density at radius 3 is 0.967 bits per heavy atom. The zero-order valence-electron chi connectivity index (χ0n) is 40.7. The molecule has 0 aromatic heterocycles. The second-order valence-electron chi connectivity index (χ2n) is 18.6. The van der Waals surface area contributed by atoms with E-state index in [1.165, 1.54) is 244 Å². The molecule has 354 valence electrons. The molecule has 4 nitrogen and oxygen atoms in total. The highest BCUT2D eigenvalue weighted by Gasteiger charge is 2.18. The molecule has 0 saturated heterocycles. The van der Waals surface area contributed by atoms with E-state index in [9.17, 15) is 15.0 Å². The standard InChI is InChI=1S/C56H107NO3/c1-3-5-7-9-11-13-15-17-19-21-23-25-26-27-28-29-30-32-34-36-38-40-42-44-46-48-50-52-56(60)57-54(53-58)55(59)51-49-47-45-43-41-39-37-35-33-31-24-22-20-18-16-14-12-10-8-6-4-2/h27-28,41,43,49,51,54-55,58-59H,3-26,29-40,42,44-48,50,52-53H2,1-2H3,(H,57,60)/b28-27-,43-41+,51-49+. The number of carbonyl (C=O) groups excluding carboxylic acids is 1. The number of nitrogens with one attached hydrogen (secondary N) is 1. The molecule has 60 heavy (non-hydrogen) atoms. The molecular formula is C56H107NO3. The Labute approximate surface area is 376 Å². The molecule has 0 aliphatic heterocycles. The van der Waals surface area contributed by atoms with Gasteiger partial charge in [0.1, 0.15) is 0 Å². The van der Waals surface area contributed by atoms with Crippen molar-refractivity contribution in [1.29, 1.82) is 0 Å². The average Bonchev–Trinajstić information content (AvgIpc) is 3.25. The largest absolute Gasteiger partial charge is 0.394 e. The number of hydrogen-bond donors (Lipinski definition) is 3. The molecule has 0 aromatic carbocycles. The van der Waals surface area contributed by atoms with Crippen molar-refractivity contribution < 1.29 is 15.0 Å². The third-order valence-electron chi connectivity index (χ3n) is 12.6. The van der Waals surface area contributed by atoms with E-state index < -0.39 is 12.1 Å². The lowest BCUT2D eigenvalue weighted by atomic mass is 10.0. The number of carbonyl (C=O) groups is 1. The second kappa shape index (κ2) is 52.0. The van der Waals surface area contributed by atoms with Crippen LogP contribution in [0.5, 0.6) is 0 Å². The first-order valence-corrected chi connectivity index (χ1v) is 27.2. The molecule has 0 aromatic rings. The molecule has 2 atom stereocenters. The molecule has 0 aliphatic carbocycles. The van der Waals surface area contributed by atoms with Gasteiger partial charge < -0.3 is 15.5 Å². The van der Waals surface area contributed by atoms with Gasteiger partial charge in [-0.15, -0.1) is 0 Å². The van der Waals surface area contributed by atoms with Crippen LogP contribution in [-0.2, 0) is 4.79 Å². The van der Waals surface area contributed by atoms with E-state index in [1.807, 2.05) is 6.08 Å². The van der Waals surface area contributed by atoms with Crippen molar-refractivity contribution in [2.45, 2.75) is 309 Å². The molecule has 4 heteroatoms. The van der Waals surface area contributed by atoms with Gasteiger partial charge in [0.15, 0.2) is 0 Å². The minimum Gasteiger partial charge on any atom is -0.394 e. The van der Waals surface area contributed by atoms with Crippen molar-refractivity contribution in [3.05, 3.63) is 36.5 Å². The van der Waals surface area contributed by atoms with E-state index in [4.69, 9.17) is 0 Å². The first-order valence-electron chi connectivity index (χ1n) is 27.2. The van der Waals surface area contributed by atoms with Crippen LogP contribution in [0.25, 0.3) is 0 Å². The lowest BCUT2D eigenvalue weighted by molar-refractivity contribution is -0.123. The van der Waals surface area contributed by atoms with Crippen molar-refractivity contribution in [2.75, 3.05) is 6.61 Å². The SMILES string of the molecule is CCCCCCCCCCCCCC/C=C\CCCCCCCCCCCCCC(=O)NC(CO)C(O)/C=C/CC/C=C/CCCCCCCCCCCCCCCCC. The van der Waals surface area contributed by atoms with Gasteiger partial charge in [0.05, 0.1) is 18.8 Å². The maximum Gasteiger partial charge on any atom is 0.220 e. The smallest absolute Gasteiger partial charge is 0.220 e. The van der Waals surface area contributed by atoms with Gasteiger partial charge in [-0.25, -0.2) is 0 Å². The summed E-state index contributed by atoms with van der Waals surface area (Å²) in [4.78, 5) is 12.5. The van der Waals surface area contributed by atoms with E-state index >= 15 is 0 Å². The summed E-state index contributed by atoms with van der Waals surface area (Å²) in [6, 6.07) is -0.639. The molecule has 0 spiro atoms. The normalized spacial score (nSPS) is 13.1. The number of aliphatic hydroxyl groups is 2. The summed E-state index contributed by atoms with van der Waals surface area (Å²) in [5.74, 6) is -0.0710. The van der Waals surface area contributed by atoms with Crippen molar-refractivity contribution in [3.63, 3.8) is 0 Å². The van der Waals surface area contributed by atoms with Crippen molar-refractivity contribution >= 4 is 5.91 Å². The maximum atomic E-state index is 12.5. The van der Waals surface area contributed by atoms with E-state index in [0.717, 1.165) is 32.1 Å². The van der Waals surface area contributed by atoms with Crippen LogP contribution in [0.2, 0.25) is 0 Å². The van der Waals surface area contributed by atoms with Crippen LogP contribution in [-0.4, -0.2) is 34.9 Å². The average molecular weight is 842 g/mol. The van der Waals surface area contributed by atoms with Crippen LogP contribution >= 0.6 is 0 Å². The Morgan fingerprint density at radius 2 is 0.650 bits per heavy atom. The van der Waals surface area contributed by atoms with Crippen LogP contribution in [0, 0.1) is 0 Å². The van der Waals surface area contributed by atoms with Gasteiger partial charge in [-0.1, -0.05) is 269 Å². The van der Waals surface area contributed by atoms with Gasteiger partial charge >= 0.3 is 0 Å². The number of aliphatic hydroxyl groups excluding tert-OH is 2. The molecular weight excluding hydrogens is 735 g/mol. The predicted octanol–water partition coefficient (Wildman–Crippen LogP) is 17.7. The summed E-state index contributed by atoms with van der Waals surface area (Å²) in [5, 5.41) is 23.1. The number of unbranched alkanes of at least 4 members (excludes halogenated alkanes) is 39. The fraction of sp³-hybridized carbons (Fsp3) is 0.875. The van der Waals surface area contributed by atoms with Crippen LogP contribution in [0.3, 0.4) is 0 Å². The van der Waals surface area contributed by atoms with Gasteiger partial charge in [-0.05, 0) is 57.8 Å². The van der Waals surface area contributed by atoms with Crippen LogP contribution in [0.15, 0.2) is 36.5 Å². The summed E-state index contributed by atoms with van der Waals surface area (Å²) < 4.78 is 0. The van der Waals surface area contributed by atoms with Gasteiger partial charge in [-0.2, -0.15) is 0 Å². The molecule has 0 bridgehead atoms. The molecule has 0 rings (SSSR count). The highest BCUT2D eigenvalue weighted by molar-refractivity contribution is 5.76. The molecule has 0 saturated carbocycles. The zero-order valence-corrected chi connectivity index (χ0v) is 40.7. The highest BCUT2D eigenvalue weighted by Crippen LogP contribution is 2.16. The number of hydrogen-bond acceptors (Lipinski definition) is 3. The molecule has 3 N–H and O–H groups in total. The first-order chi connectivity index (χ1) is 29.7. The molecule has 2 unspecified atom stereocenters. The lowest BCUT2D eigenvalue weighted by Crippen LogP contribution is -2.45. The fourth-order valence-electron chi connectivity index (χ4n) is 8.43. The first kappa shape index (κ1) is 58.6. The number of amides is 1. The second-order valence-corrected chi connectivity index (χ2v) is 18.6. The summed E-state index contributed by atoms with van der Waals surface area (Å²) in [6.45, 7) is 4.33. The topological polar surface area (TPSA) is 69.6 Å². The van der Waals surface area contributed by atoms with E-state index in [-0.39, 0.29) is 12.5 Å². The lowest BCUT2D eigenvalue weighted by Gasteiger charge is -2.19. The zero-order chi connectivity index (χ0) is 43.5. The Kier molecular flexibility index (Phi) is 50.8. The minimum atomic E-state index is -0.862. The Bertz CT molecular complexity index is 912. The molecule has 1 amide bonds. The summed E-state index contributed by atoms with van der Waals surface area (Å²) in [7, 11) is 0. The molecule has 0 aliphatic rings.